The van der Waals surface area contributed by atoms with E-state index >= 15 is 0 Å². The molecule has 0 aliphatic rings. The molecule has 0 saturated heterocycles. The molecule has 2 rings (SSSR count). The Hall–Kier alpha value is -1.26. The van der Waals surface area contributed by atoms with Crippen molar-refractivity contribution in [1.82, 2.24) is 5.32 Å². The summed E-state index contributed by atoms with van der Waals surface area (Å²) in [7, 11) is 0. The van der Waals surface area contributed by atoms with Crippen LogP contribution in [0, 0.1) is 13.8 Å². The molecule has 1 heterocycles. The molecule has 4 heteroatoms. The molecule has 0 atom stereocenters. The Morgan fingerprint density at radius 1 is 1.19 bits per heavy atom. The zero-order valence-electron chi connectivity index (χ0n) is 12.8. The van der Waals surface area contributed by atoms with E-state index in [0.29, 0.717) is 6.61 Å². The second-order valence-corrected chi connectivity index (χ2v) is 6.05. The highest BCUT2D eigenvalue weighted by atomic mass is 79.9. The number of furan rings is 1. The zero-order valence-corrected chi connectivity index (χ0v) is 14.4. The number of benzene rings is 1. The number of aryl methyl sites for hydroxylation is 2. The minimum atomic E-state index is 0.453. The summed E-state index contributed by atoms with van der Waals surface area (Å²) in [6, 6.07) is 6.11. The lowest BCUT2D eigenvalue weighted by Crippen LogP contribution is -2.13. The maximum Gasteiger partial charge on any atom is 0.146 e. The van der Waals surface area contributed by atoms with Crippen LogP contribution in [0.3, 0.4) is 0 Å². The van der Waals surface area contributed by atoms with E-state index < -0.39 is 0 Å². The molecule has 0 aliphatic heterocycles. The monoisotopic (exact) mass is 351 g/mol. The van der Waals surface area contributed by atoms with E-state index in [1.165, 1.54) is 11.1 Å². The van der Waals surface area contributed by atoms with Gasteiger partial charge in [-0.3, -0.25) is 0 Å². The van der Waals surface area contributed by atoms with Crippen molar-refractivity contribution in [3.63, 3.8) is 0 Å². The van der Waals surface area contributed by atoms with Crippen molar-refractivity contribution in [2.75, 3.05) is 6.54 Å². The standard InChI is InChI=1S/C17H22BrNO2/c1-4-5-19-9-14-8-16(20-10-14)11-21-15-6-12(2)17(18)13(3)7-15/h6-8,10,19H,4-5,9,11H2,1-3H3. The number of hydrogen-bond donors (Lipinski definition) is 1. The predicted molar refractivity (Wildman–Crippen MR) is 88.7 cm³/mol. The summed E-state index contributed by atoms with van der Waals surface area (Å²) in [5.41, 5.74) is 3.51. The van der Waals surface area contributed by atoms with E-state index in [1.807, 2.05) is 18.2 Å². The van der Waals surface area contributed by atoms with Crippen LogP contribution < -0.4 is 10.1 Å². The normalized spacial score (nSPS) is 10.9. The van der Waals surface area contributed by atoms with Crippen LogP contribution in [-0.4, -0.2) is 6.54 Å². The van der Waals surface area contributed by atoms with E-state index in [9.17, 15) is 0 Å². The molecular formula is C17H22BrNO2. The Morgan fingerprint density at radius 3 is 2.57 bits per heavy atom. The predicted octanol–water partition coefficient (Wildman–Crippen LogP) is 4.74. The third-order valence-corrected chi connectivity index (χ3v) is 4.51. The van der Waals surface area contributed by atoms with Crippen LogP contribution in [0.25, 0.3) is 0 Å². The van der Waals surface area contributed by atoms with Gasteiger partial charge in [-0.25, -0.2) is 0 Å². The van der Waals surface area contributed by atoms with Crippen LogP contribution >= 0.6 is 15.9 Å². The summed E-state index contributed by atoms with van der Waals surface area (Å²) in [6.07, 6.45) is 2.93. The molecular weight excluding hydrogens is 330 g/mol. The lowest BCUT2D eigenvalue weighted by atomic mass is 10.1. The number of halogens is 1. The Labute approximate surface area is 134 Å². The lowest BCUT2D eigenvalue weighted by molar-refractivity contribution is 0.270. The van der Waals surface area contributed by atoms with Crippen molar-refractivity contribution in [3.05, 3.63) is 51.4 Å². The van der Waals surface area contributed by atoms with Crippen molar-refractivity contribution in [2.45, 2.75) is 40.3 Å². The van der Waals surface area contributed by atoms with Crippen LogP contribution in [0.4, 0.5) is 0 Å². The molecule has 0 unspecified atom stereocenters. The molecule has 0 bridgehead atoms. The van der Waals surface area contributed by atoms with Crippen molar-refractivity contribution >= 4 is 15.9 Å². The van der Waals surface area contributed by atoms with Gasteiger partial charge in [0.1, 0.15) is 18.1 Å². The first-order valence-electron chi connectivity index (χ1n) is 7.26. The largest absolute Gasteiger partial charge is 0.486 e. The van der Waals surface area contributed by atoms with Gasteiger partial charge in [-0.05, 0) is 56.1 Å². The lowest BCUT2D eigenvalue weighted by Gasteiger charge is -2.09. The molecule has 0 aliphatic carbocycles. The fourth-order valence-corrected chi connectivity index (χ4v) is 2.38. The average Bonchev–Trinajstić information content (AvgIpc) is 2.90. The highest BCUT2D eigenvalue weighted by Gasteiger charge is 2.06. The van der Waals surface area contributed by atoms with Crippen LogP contribution in [0.5, 0.6) is 5.75 Å². The van der Waals surface area contributed by atoms with E-state index in [0.717, 1.165) is 41.1 Å². The summed E-state index contributed by atoms with van der Waals surface area (Å²) in [5, 5.41) is 3.35. The molecule has 3 nitrogen and oxygen atoms in total. The first-order chi connectivity index (χ1) is 10.1. The Morgan fingerprint density at radius 2 is 1.90 bits per heavy atom. The molecule has 0 spiro atoms. The summed E-state index contributed by atoms with van der Waals surface area (Å²) < 4.78 is 12.5. The third-order valence-electron chi connectivity index (χ3n) is 3.26. The number of hydrogen-bond acceptors (Lipinski definition) is 3. The maximum atomic E-state index is 5.81. The minimum Gasteiger partial charge on any atom is -0.486 e. The highest BCUT2D eigenvalue weighted by Crippen LogP contribution is 2.26. The van der Waals surface area contributed by atoms with Gasteiger partial charge in [-0.1, -0.05) is 22.9 Å². The fraction of sp³-hybridized carbons (Fsp3) is 0.412. The van der Waals surface area contributed by atoms with Gasteiger partial charge < -0.3 is 14.5 Å². The molecule has 1 aromatic carbocycles. The molecule has 0 radical (unpaired) electrons. The quantitative estimate of drug-likeness (QED) is 0.731. The van der Waals surface area contributed by atoms with Gasteiger partial charge in [0.25, 0.3) is 0 Å². The second-order valence-electron chi connectivity index (χ2n) is 5.26. The van der Waals surface area contributed by atoms with E-state index in [4.69, 9.17) is 9.15 Å². The highest BCUT2D eigenvalue weighted by molar-refractivity contribution is 9.10. The third kappa shape index (κ3) is 4.61. The second kappa shape index (κ2) is 7.66. The summed E-state index contributed by atoms with van der Waals surface area (Å²) in [4.78, 5) is 0. The molecule has 114 valence electrons. The van der Waals surface area contributed by atoms with Crippen molar-refractivity contribution in [2.24, 2.45) is 0 Å². The Bertz CT molecular complexity index is 569. The fourth-order valence-electron chi connectivity index (χ4n) is 2.15. The average molecular weight is 352 g/mol. The topological polar surface area (TPSA) is 34.4 Å². The summed E-state index contributed by atoms with van der Waals surface area (Å²) in [6.45, 7) is 8.60. The molecule has 1 N–H and O–H groups in total. The van der Waals surface area contributed by atoms with Gasteiger partial charge in [0.2, 0.25) is 0 Å². The van der Waals surface area contributed by atoms with Crippen LogP contribution in [0.15, 0.2) is 33.4 Å². The van der Waals surface area contributed by atoms with Gasteiger partial charge in [0.05, 0.1) is 6.26 Å². The van der Waals surface area contributed by atoms with Gasteiger partial charge in [-0.15, -0.1) is 0 Å². The molecule has 1 aromatic heterocycles. The number of ether oxygens (including phenoxy) is 1. The first-order valence-corrected chi connectivity index (χ1v) is 8.06. The number of nitrogens with one attached hydrogen (secondary N) is 1. The smallest absolute Gasteiger partial charge is 0.146 e. The molecule has 0 saturated carbocycles. The van der Waals surface area contributed by atoms with E-state index in [1.54, 1.807) is 6.26 Å². The van der Waals surface area contributed by atoms with Crippen molar-refractivity contribution in [3.8, 4) is 5.75 Å². The SMILES string of the molecule is CCCNCc1coc(COc2cc(C)c(Br)c(C)c2)c1. The Balaban J connectivity index is 1.91. The zero-order chi connectivity index (χ0) is 15.2. The summed E-state index contributed by atoms with van der Waals surface area (Å²) >= 11 is 3.56. The van der Waals surface area contributed by atoms with Crippen LogP contribution in [0.1, 0.15) is 35.8 Å². The number of rotatable bonds is 7. The van der Waals surface area contributed by atoms with Crippen molar-refractivity contribution in [1.29, 1.82) is 0 Å². The summed E-state index contributed by atoms with van der Waals surface area (Å²) in [5.74, 6) is 1.72. The molecule has 21 heavy (non-hydrogen) atoms. The van der Waals surface area contributed by atoms with Crippen molar-refractivity contribution < 1.29 is 9.15 Å². The van der Waals surface area contributed by atoms with E-state index in [2.05, 4.69) is 42.0 Å². The van der Waals surface area contributed by atoms with Gasteiger partial charge in [0.15, 0.2) is 0 Å². The van der Waals surface area contributed by atoms with Gasteiger partial charge in [0, 0.05) is 16.6 Å². The first kappa shape index (κ1) is 16.1. The molecule has 2 aromatic rings. The molecule has 0 fully saturated rings. The Kier molecular flexibility index (Phi) is 5.88. The van der Waals surface area contributed by atoms with E-state index in [-0.39, 0.29) is 0 Å². The minimum absolute atomic E-state index is 0.453. The van der Waals surface area contributed by atoms with Gasteiger partial charge >= 0.3 is 0 Å². The molecule has 0 amide bonds. The maximum absolute atomic E-state index is 5.81. The van der Waals surface area contributed by atoms with Gasteiger partial charge in [-0.2, -0.15) is 0 Å². The van der Waals surface area contributed by atoms with Crippen LogP contribution in [-0.2, 0) is 13.2 Å². The van der Waals surface area contributed by atoms with Crippen LogP contribution in [0.2, 0.25) is 0 Å².